The summed E-state index contributed by atoms with van der Waals surface area (Å²) in [5, 5.41) is 3.61. The van der Waals surface area contributed by atoms with Gasteiger partial charge in [-0.15, -0.1) is 0 Å². The SMILES string of the molecule is COc1ccc(Cl)cc1C(=O)N1CCC[C@H]1C(=O)NC[C@@H](c1ccccc1)N1CCCC1. The molecule has 2 aliphatic rings. The standard InChI is InChI=1S/C25H30ClN3O3/c1-32-23-12-11-19(26)16-20(23)25(31)29-15-7-10-21(29)24(30)27-17-22(28-13-5-6-14-28)18-8-3-2-4-9-18/h2-4,8-9,11-12,16,21-22H,5-7,10,13-15,17H2,1H3,(H,27,30)/t21-,22-/m0/s1. The molecule has 2 heterocycles. The van der Waals surface area contributed by atoms with E-state index in [1.165, 1.54) is 25.5 Å². The van der Waals surface area contributed by atoms with Crippen LogP contribution in [0.15, 0.2) is 48.5 Å². The molecule has 2 amide bonds. The minimum atomic E-state index is -0.485. The smallest absolute Gasteiger partial charge is 0.258 e. The molecule has 4 rings (SSSR count). The predicted octanol–water partition coefficient (Wildman–Crippen LogP) is 3.91. The molecule has 2 fully saturated rings. The van der Waals surface area contributed by atoms with Crippen molar-refractivity contribution in [2.45, 2.75) is 37.8 Å². The second kappa shape index (κ2) is 10.4. The van der Waals surface area contributed by atoms with Crippen molar-refractivity contribution in [3.8, 4) is 5.75 Å². The van der Waals surface area contributed by atoms with Crippen LogP contribution >= 0.6 is 11.6 Å². The molecule has 7 heteroatoms. The van der Waals surface area contributed by atoms with Crippen LogP contribution in [0.25, 0.3) is 0 Å². The van der Waals surface area contributed by atoms with Crippen molar-refractivity contribution in [1.82, 2.24) is 15.1 Å². The van der Waals surface area contributed by atoms with E-state index >= 15 is 0 Å². The number of ether oxygens (including phenoxy) is 1. The van der Waals surface area contributed by atoms with E-state index in [2.05, 4.69) is 22.3 Å². The van der Waals surface area contributed by atoms with Gasteiger partial charge in [0.25, 0.3) is 5.91 Å². The van der Waals surface area contributed by atoms with Crippen molar-refractivity contribution in [3.05, 3.63) is 64.7 Å². The van der Waals surface area contributed by atoms with Crippen LogP contribution < -0.4 is 10.1 Å². The Labute approximate surface area is 194 Å². The molecule has 2 saturated heterocycles. The van der Waals surface area contributed by atoms with Gasteiger partial charge in [-0.25, -0.2) is 0 Å². The largest absolute Gasteiger partial charge is 0.496 e. The van der Waals surface area contributed by atoms with Crippen molar-refractivity contribution in [2.24, 2.45) is 0 Å². The van der Waals surface area contributed by atoms with E-state index < -0.39 is 6.04 Å². The summed E-state index contributed by atoms with van der Waals surface area (Å²) in [7, 11) is 1.52. The molecule has 32 heavy (non-hydrogen) atoms. The molecule has 1 N–H and O–H groups in total. The number of benzene rings is 2. The summed E-state index contributed by atoms with van der Waals surface area (Å²) in [6.07, 6.45) is 3.81. The molecule has 2 aromatic carbocycles. The zero-order chi connectivity index (χ0) is 22.5. The van der Waals surface area contributed by atoms with Gasteiger partial charge in [0.2, 0.25) is 5.91 Å². The van der Waals surface area contributed by atoms with E-state index in [0.717, 1.165) is 19.5 Å². The Hall–Kier alpha value is -2.57. The fourth-order valence-corrected chi connectivity index (χ4v) is 4.96. The molecule has 0 unspecified atom stereocenters. The normalized spacial score (nSPS) is 19.7. The lowest BCUT2D eigenvalue weighted by atomic mass is 10.1. The summed E-state index contributed by atoms with van der Waals surface area (Å²) in [5.74, 6) is 0.141. The first kappa shape index (κ1) is 22.6. The Morgan fingerprint density at radius 1 is 1.09 bits per heavy atom. The lowest BCUT2D eigenvalue weighted by Gasteiger charge is -2.30. The van der Waals surface area contributed by atoms with Gasteiger partial charge < -0.3 is 15.0 Å². The lowest BCUT2D eigenvalue weighted by Crippen LogP contribution is -2.48. The van der Waals surface area contributed by atoms with Crippen molar-refractivity contribution in [3.63, 3.8) is 0 Å². The van der Waals surface area contributed by atoms with Crippen LogP contribution in [0, 0.1) is 0 Å². The van der Waals surface area contributed by atoms with Crippen LogP contribution in [0.2, 0.25) is 5.02 Å². The van der Waals surface area contributed by atoms with E-state index in [9.17, 15) is 9.59 Å². The highest BCUT2D eigenvalue weighted by Crippen LogP contribution is 2.28. The highest BCUT2D eigenvalue weighted by atomic mass is 35.5. The highest BCUT2D eigenvalue weighted by molar-refractivity contribution is 6.31. The molecule has 2 aliphatic heterocycles. The zero-order valence-corrected chi connectivity index (χ0v) is 19.2. The quantitative estimate of drug-likeness (QED) is 0.687. The number of amides is 2. The third-order valence-corrected chi connectivity index (χ3v) is 6.68. The van der Waals surface area contributed by atoms with Crippen LogP contribution in [0.1, 0.15) is 47.6 Å². The summed E-state index contributed by atoms with van der Waals surface area (Å²) in [6.45, 7) is 3.15. The van der Waals surface area contributed by atoms with Crippen LogP contribution in [0.3, 0.4) is 0 Å². The second-order valence-corrected chi connectivity index (χ2v) is 8.85. The molecule has 170 valence electrons. The molecular formula is C25H30ClN3O3. The van der Waals surface area contributed by atoms with Crippen LogP contribution in [-0.4, -0.2) is 60.9 Å². The third kappa shape index (κ3) is 4.92. The number of carbonyl (C=O) groups is 2. The minimum Gasteiger partial charge on any atom is -0.496 e. The number of hydrogen-bond donors (Lipinski definition) is 1. The van der Waals surface area contributed by atoms with Crippen LogP contribution in [-0.2, 0) is 4.79 Å². The van der Waals surface area contributed by atoms with Crippen molar-refractivity contribution in [2.75, 3.05) is 33.3 Å². The second-order valence-electron chi connectivity index (χ2n) is 8.42. The first-order valence-electron chi connectivity index (χ1n) is 11.3. The summed E-state index contributed by atoms with van der Waals surface area (Å²) in [6, 6.07) is 14.9. The van der Waals surface area contributed by atoms with Gasteiger partial charge in [-0.2, -0.15) is 0 Å². The first-order valence-corrected chi connectivity index (χ1v) is 11.7. The highest BCUT2D eigenvalue weighted by Gasteiger charge is 2.36. The summed E-state index contributed by atoms with van der Waals surface area (Å²) in [5.41, 5.74) is 1.59. The molecule has 0 aliphatic carbocycles. The van der Waals surface area contributed by atoms with Crippen LogP contribution in [0.5, 0.6) is 5.75 Å². The molecule has 0 radical (unpaired) electrons. The number of hydrogen-bond acceptors (Lipinski definition) is 4. The third-order valence-electron chi connectivity index (χ3n) is 6.44. The number of rotatable bonds is 7. The van der Waals surface area contributed by atoms with Gasteiger partial charge in [-0.3, -0.25) is 14.5 Å². The van der Waals surface area contributed by atoms with Gasteiger partial charge in [0, 0.05) is 18.1 Å². The minimum absolute atomic E-state index is 0.100. The van der Waals surface area contributed by atoms with E-state index in [1.807, 2.05) is 18.2 Å². The fraction of sp³-hybridized carbons (Fsp3) is 0.440. The lowest BCUT2D eigenvalue weighted by molar-refractivity contribution is -0.125. The molecule has 0 aromatic heterocycles. The van der Waals surface area contributed by atoms with Gasteiger partial charge in [0.1, 0.15) is 11.8 Å². The Kier molecular flexibility index (Phi) is 7.33. The molecule has 6 nitrogen and oxygen atoms in total. The Bertz CT molecular complexity index is 947. The van der Waals surface area contributed by atoms with Gasteiger partial charge in [-0.05, 0) is 62.5 Å². The van der Waals surface area contributed by atoms with Gasteiger partial charge >= 0.3 is 0 Å². The number of methoxy groups -OCH3 is 1. The monoisotopic (exact) mass is 455 g/mol. The average Bonchev–Trinajstić information content (AvgIpc) is 3.52. The molecule has 0 saturated carbocycles. The Balaban J connectivity index is 1.46. The number of halogens is 1. The maximum Gasteiger partial charge on any atom is 0.258 e. The van der Waals surface area contributed by atoms with Crippen molar-refractivity contribution in [1.29, 1.82) is 0 Å². The Morgan fingerprint density at radius 3 is 2.56 bits per heavy atom. The number of nitrogens with zero attached hydrogens (tertiary/aromatic N) is 2. The summed E-state index contributed by atoms with van der Waals surface area (Å²) < 4.78 is 5.35. The van der Waals surface area contributed by atoms with Gasteiger partial charge in [0.05, 0.1) is 18.7 Å². The zero-order valence-electron chi connectivity index (χ0n) is 18.4. The van der Waals surface area contributed by atoms with E-state index in [4.69, 9.17) is 16.3 Å². The average molecular weight is 456 g/mol. The van der Waals surface area contributed by atoms with E-state index in [1.54, 1.807) is 23.1 Å². The van der Waals surface area contributed by atoms with Gasteiger partial charge in [0.15, 0.2) is 0 Å². The first-order chi connectivity index (χ1) is 15.6. The maximum atomic E-state index is 13.3. The van der Waals surface area contributed by atoms with Gasteiger partial charge in [-0.1, -0.05) is 41.9 Å². The van der Waals surface area contributed by atoms with Crippen molar-refractivity contribution >= 4 is 23.4 Å². The molecule has 0 spiro atoms. The predicted molar refractivity (Wildman–Crippen MR) is 125 cm³/mol. The molecule has 0 bridgehead atoms. The fourth-order valence-electron chi connectivity index (χ4n) is 4.79. The molecule has 2 aromatic rings. The van der Waals surface area contributed by atoms with Crippen molar-refractivity contribution < 1.29 is 14.3 Å². The molecular weight excluding hydrogens is 426 g/mol. The Morgan fingerprint density at radius 2 is 1.84 bits per heavy atom. The summed E-state index contributed by atoms with van der Waals surface area (Å²) >= 11 is 6.12. The molecule has 2 atom stereocenters. The van der Waals surface area contributed by atoms with E-state index in [-0.39, 0.29) is 17.9 Å². The number of carbonyl (C=O) groups excluding carboxylic acids is 2. The van der Waals surface area contributed by atoms with Crippen LogP contribution in [0.4, 0.5) is 0 Å². The number of nitrogens with one attached hydrogen (secondary N) is 1. The maximum absolute atomic E-state index is 13.3. The number of likely N-dealkylation sites (tertiary alicyclic amines) is 2. The topological polar surface area (TPSA) is 61.9 Å². The summed E-state index contributed by atoms with van der Waals surface area (Å²) in [4.78, 5) is 30.5. The van der Waals surface area contributed by atoms with E-state index in [0.29, 0.717) is 35.8 Å².